The van der Waals surface area contributed by atoms with Crippen LogP contribution in [0.5, 0.6) is 0 Å². The molecule has 0 saturated carbocycles. The van der Waals surface area contributed by atoms with Crippen LogP contribution in [0.3, 0.4) is 0 Å². The molecule has 1 aromatic rings. The number of hydrogen-bond acceptors (Lipinski definition) is 4. The minimum absolute atomic E-state index is 0.0718. The minimum atomic E-state index is -6.39. The molecular weight excluding hydrogens is 320 g/mol. The Kier molecular flexibility index (Phi) is 4.48. The van der Waals surface area contributed by atoms with Gasteiger partial charge in [-0.15, -0.1) is 0 Å². The van der Waals surface area contributed by atoms with Gasteiger partial charge in [0.15, 0.2) is 5.60 Å². The van der Waals surface area contributed by atoms with E-state index in [1.54, 1.807) is 0 Å². The summed E-state index contributed by atoms with van der Waals surface area (Å²) in [5, 5.41) is 11.2. The maximum Gasteiger partial charge on any atom is 0.399 e. The number of carbonyl (C=O) groups is 1. The van der Waals surface area contributed by atoms with Crippen LogP contribution in [0.2, 0.25) is 0 Å². The van der Waals surface area contributed by atoms with E-state index in [0.29, 0.717) is 0 Å². The second kappa shape index (κ2) is 5.41. The number of ether oxygens (including phenoxy) is 1. The highest BCUT2D eigenvalue weighted by Gasteiger charge is 2.68. The molecule has 22 heavy (non-hydrogen) atoms. The minimum Gasteiger partial charge on any atom is -0.828 e. The van der Waals surface area contributed by atoms with Gasteiger partial charge in [-0.05, 0) is 31.5 Å². The van der Waals surface area contributed by atoms with Gasteiger partial charge in [0.2, 0.25) is 0 Å². The Balaban J connectivity index is 3.19. The molecule has 0 atom stereocenters. The maximum absolute atomic E-state index is 12.5. The maximum atomic E-state index is 12.5. The first-order valence-electron chi connectivity index (χ1n) is 5.71. The van der Waals surface area contributed by atoms with Gasteiger partial charge < -0.3 is 9.84 Å². The SMILES string of the molecule is CC(C)(OC(=O)C([O-])(C(F)(F)F)C(F)(F)F)c1ccncc1. The van der Waals surface area contributed by atoms with E-state index < -0.39 is 29.5 Å². The molecule has 10 heteroatoms. The second-order valence-electron chi connectivity index (χ2n) is 4.81. The summed E-state index contributed by atoms with van der Waals surface area (Å²) in [5.74, 6) is -2.96. The quantitative estimate of drug-likeness (QED) is 0.629. The van der Waals surface area contributed by atoms with Crippen LogP contribution < -0.4 is 5.11 Å². The zero-order chi connectivity index (χ0) is 17.4. The molecule has 1 aromatic heterocycles. The molecule has 0 aliphatic carbocycles. The standard InChI is InChI=1S/C12H10F6NO3/c1-9(2,7-3-5-19-6-4-7)22-8(20)10(21,11(13,14)15)12(16,17)18/h3-6H,1-2H3/q-1. The normalized spacial score (nSPS) is 13.9. The number of aromatic nitrogens is 1. The molecule has 0 unspecified atom stereocenters. The van der Waals surface area contributed by atoms with E-state index in [4.69, 9.17) is 0 Å². The summed E-state index contributed by atoms with van der Waals surface area (Å²) in [7, 11) is 0. The number of carbonyl (C=O) groups excluding carboxylic acids is 1. The fourth-order valence-electron chi connectivity index (χ4n) is 1.51. The Morgan fingerprint density at radius 3 is 1.82 bits per heavy atom. The van der Waals surface area contributed by atoms with Crippen LogP contribution in [-0.4, -0.2) is 28.9 Å². The molecule has 0 saturated heterocycles. The van der Waals surface area contributed by atoms with Crippen molar-refractivity contribution in [3.8, 4) is 0 Å². The summed E-state index contributed by atoms with van der Waals surface area (Å²) in [6.45, 7) is 2.10. The number of alkyl halides is 6. The van der Waals surface area contributed by atoms with Crippen molar-refractivity contribution in [3.63, 3.8) is 0 Å². The molecule has 0 aliphatic rings. The van der Waals surface area contributed by atoms with Crippen LogP contribution in [0.25, 0.3) is 0 Å². The van der Waals surface area contributed by atoms with Crippen molar-refractivity contribution in [3.05, 3.63) is 30.1 Å². The highest BCUT2D eigenvalue weighted by molar-refractivity contribution is 5.81. The third-order valence-corrected chi connectivity index (χ3v) is 2.81. The van der Waals surface area contributed by atoms with Gasteiger partial charge in [0.1, 0.15) is 5.60 Å². The van der Waals surface area contributed by atoms with Crippen LogP contribution in [0.1, 0.15) is 19.4 Å². The zero-order valence-corrected chi connectivity index (χ0v) is 11.2. The van der Waals surface area contributed by atoms with Crippen molar-refractivity contribution in [2.75, 3.05) is 0 Å². The summed E-state index contributed by atoms with van der Waals surface area (Å²) in [5.41, 5.74) is -7.67. The monoisotopic (exact) mass is 330 g/mol. The molecule has 4 nitrogen and oxygen atoms in total. The lowest BCUT2D eigenvalue weighted by atomic mass is 9.97. The number of nitrogens with zero attached hydrogens (tertiary/aromatic N) is 1. The third-order valence-electron chi connectivity index (χ3n) is 2.81. The summed E-state index contributed by atoms with van der Waals surface area (Å²) in [6, 6.07) is 2.45. The third kappa shape index (κ3) is 3.16. The summed E-state index contributed by atoms with van der Waals surface area (Å²) < 4.78 is 79.1. The Morgan fingerprint density at radius 1 is 1.05 bits per heavy atom. The first-order valence-corrected chi connectivity index (χ1v) is 5.71. The molecular formula is C12H10F6NO3-. The van der Waals surface area contributed by atoms with E-state index in [-0.39, 0.29) is 5.56 Å². The predicted octanol–water partition coefficient (Wildman–Crippen LogP) is 2.08. The van der Waals surface area contributed by atoms with E-state index in [1.165, 1.54) is 24.5 Å². The number of pyridine rings is 1. The lowest BCUT2D eigenvalue weighted by molar-refractivity contribution is -0.575. The summed E-state index contributed by atoms with van der Waals surface area (Å²) >= 11 is 0. The van der Waals surface area contributed by atoms with Gasteiger partial charge in [0, 0.05) is 12.4 Å². The molecule has 0 spiro atoms. The van der Waals surface area contributed by atoms with Gasteiger partial charge in [0.25, 0.3) is 0 Å². The average Bonchev–Trinajstić information content (AvgIpc) is 2.35. The molecule has 0 radical (unpaired) electrons. The van der Waals surface area contributed by atoms with Crippen molar-refractivity contribution >= 4 is 5.97 Å². The van der Waals surface area contributed by atoms with Gasteiger partial charge in [-0.3, -0.25) is 9.78 Å². The molecule has 124 valence electrons. The molecule has 0 N–H and O–H groups in total. The lowest BCUT2D eigenvalue weighted by Gasteiger charge is -2.42. The van der Waals surface area contributed by atoms with E-state index >= 15 is 0 Å². The van der Waals surface area contributed by atoms with Gasteiger partial charge in [-0.25, -0.2) is 0 Å². The first-order chi connectivity index (χ1) is 9.73. The van der Waals surface area contributed by atoms with Crippen molar-refractivity contribution in [1.29, 1.82) is 0 Å². The number of halogens is 6. The molecule has 0 aromatic carbocycles. The molecule has 0 fully saturated rings. The summed E-state index contributed by atoms with van der Waals surface area (Å²) in [4.78, 5) is 15.0. The Bertz CT molecular complexity index is 524. The molecule has 0 aliphatic heterocycles. The zero-order valence-electron chi connectivity index (χ0n) is 11.2. The van der Waals surface area contributed by atoms with Crippen LogP contribution in [0, 0.1) is 0 Å². The first kappa shape index (κ1) is 18.2. The fourth-order valence-corrected chi connectivity index (χ4v) is 1.51. The second-order valence-corrected chi connectivity index (χ2v) is 4.81. The topological polar surface area (TPSA) is 62.2 Å². The molecule has 1 heterocycles. The highest BCUT2D eigenvalue weighted by Crippen LogP contribution is 2.43. The van der Waals surface area contributed by atoms with E-state index in [0.717, 1.165) is 13.8 Å². The number of rotatable bonds is 3. The highest BCUT2D eigenvalue weighted by atomic mass is 19.4. The molecule has 0 bridgehead atoms. The van der Waals surface area contributed by atoms with Crippen LogP contribution in [0.15, 0.2) is 24.5 Å². The van der Waals surface area contributed by atoms with Gasteiger partial charge >= 0.3 is 18.3 Å². The van der Waals surface area contributed by atoms with Crippen molar-refractivity contribution in [1.82, 2.24) is 4.98 Å². The molecule has 1 rings (SSSR count). The number of esters is 1. The largest absolute Gasteiger partial charge is 0.828 e. The predicted molar refractivity (Wildman–Crippen MR) is 58.2 cm³/mol. The van der Waals surface area contributed by atoms with E-state index in [1.807, 2.05) is 0 Å². The van der Waals surface area contributed by atoms with Gasteiger partial charge in [-0.1, -0.05) is 0 Å². The van der Waals surface area contributed by atoms with Crippen LogP contribution >= 0.6 is 0 Å². The average molecular weight is 330 g/mol. The van der Waals surface area contributed by atoms with Crippen LogP contribution in [-0.2, 0) is 15.1 Å². The summed E-state index contributed by atoms with van der Waals surface area (Å²) in [6.07, 6.45) is -10.4. The van der Waals surface area contributed by atoms with Crippen molar-refractivity contribution in [2.24, 2.45) is 0 Å². The van der Waals surface area contributed by atoms with E-state index in [2.05, 4.69) is 9.72 Å². The van der Waals surface area contributed by atoms with Gasteiger partial charge in [-0.2, -0.15) is 26.3 Å². The fraction of sp³-hybridized carbons (Fsp3) is 0.500. The lowest BCUT2D eigenvalue weighted by Crippen LogP contribution is -2.72. The van der Waals surface area contributed by atoms with Gasteiger partial charge in [0.05, 0.1) is 0 Å². The molecule has 0 amide bonds. The Hall–Kier alpha value is -1.84. The Morgan fingerprint density at radius 2 is 1.45 bits per heavy atom. The Labute approximate surface area is 120 Å². The smallest absolute Gasteiger partial charge is 0.399 e. The van der Waals surface area contributed by atoms with Crippen molar-refractivity contribution < 1.29 is 41.0 Å². The van der Waals surface area contributed by atoms with E-state index in [9.17, 15) is 36.2 Å². The van der Waals surface area contributed by atoms with Crippen molar-refractivity contribution in [2.45, 2.75) is 37.4 Å². The van der Waals surface area contributed by atoms with Crippen LogP contribution in [0.4, 0.5) is 26.3 Å². The number of hydrogen-bond donors (Lipinski definition) is 0.